The number of benzene rings is 2. The van der Waals surface area contributed by atoms with Gasteiger partial charge in [-0.1, -0.05) is 23.7 Å². The maximum absolute atomic E-state index is 12.3. The molecule has 0 atom stereocenters. The van der Waals surface area contributed by atoms with Crippen LogP contribution < -0.4 is 9.46 Å². The Hall–Kier alpha value is -1.92. The van der Waals surface area contributed by atoms with Crippen molar-refractivity contribution in [3.05, 3.63) is 47.5 Å². The van der Waals surface area contributed by atoms with Crippen molar-refractivity contribution in [3.8, 4) is 11.5 Å². The number of ether oxygens (including phenoxy) is 1. The molecule has 0 unspecified atom stereocenters. The summed E-state index contributed by atoms with van der Waals surface area (Å²) in [5.74, 6) is -0.00519. The first-order chi connectivity index (χ1) is 9.44. The topological polar surface area (TPSA) is 75.6 Å². The third kappa shape index (κ3) is 2.97. The lowest BCUT2D eigenvalue weighted by Crippen LogP contribution is -2.14. The number of aromatic hydroxyl groups is 1. The standard InChI is InChI=1S/C13H12ClNO4S/c1-19-12-4-2-3-5-13(12)20(17,18)15-10-8-9(14)6-7-11(10)16/h2-8,15-16H,1H3. The predicted octanol–water partition coefficient (Wildman–Crippen LogP) is 2.86. The summed E-state index contributed by atoms with van der Waals surface area (Å²) in [7, 11) is -2.51. The molecule has 0 saturated heterocycles. The number of phenolic OH excluding ortho intramolecular Hbond substituents is 1. The molecule has 5 nitrogen and oxygen atoms in total. The van der Waals surface area contributed by atoms with E-state index in [0.717, 1.165) is 0 Å². The molecule has 0 aromatic heterocycles. The zero-order chi connectivity index (χ0) is 14.8. The van der Waals surface area contributed by atoms with E-state index in [2.05, 4.69) is 4.72 Å². The lowest BCUT2D eigenvalue weighted by atomic mass is 10.3. The Morgan fingerprint density at radius 2 is 1.90 bits per heavy atom. The summed E-state index contributed by atoms with van der Waals surface area (Å²) in [6.07, 6.45) is 0. The van der Waals surface area contributed by atoms with Crippen molar-refractivity contribution in [2.24, 2.45) is 0 Å². The average Bonchev–Trinajstić information content (AvgIpc) is 2.42. The first kappa shape index (κ1) is 14.5. The van der Waals surface area contributed by atoms with Crippen LogP contribution in [0.2, 0.25) is 5.02 Å². The second kappa shape index (κ2) is 5.60. The van der Waals surface area contributed by atoms with Gasteiger partial charge in [-0.05, 0) is 30.3 Å². The maximum Gasteiger partial charge on any atom is 0.265 e. The Morgan fingerprint density at radius 1 is 1.20 bits per heavy atom. The van der Waals surface area contributed by atoms with Crippen molar-refractivity contribution in [3.63, 3.8) is 0 Å². The fraction of sp³-hybridized carbons (Fsp3) is 0.0769. The van der Waals surface area contributed by atoms with Gasteiger partial charge in [0.15, 0.2) is 0 Å². The fourth-order valence-electron chi connectivity index (χ4n) is 1.63. The largest absolute Gasteiger partial charge is 0.506 e. The number of halogens is 1. The number of rotatable bonds is 4. The molecule has 0 aliphatic rings. The molecule has 0 heterocycles. The van der Waals surface area contributed by atoms with Gasteiger partial charge in [0.05, 0.1) is 12.8 Å². The van der Waals surface area contributed by atoms with E-state index < -0.39 is 10.0 Å². The monoisotopic (exact) mass is 313 g/mol. The van der Waals surface area contributed by atoms with Crippen molar-refractivity contribution in [1.29, 1.82) is 0 Å². The van der Waals surface area contributed by atoms with Gasteiger partial charge < -0.3 is 9.84 Å². The highest BCUT2D eigenvalue weighted by Crippen LogP contribution is 2.31. The van der Waals surface area contributed by atoms with Gasteiger partial charge in [-0.2, -0.15) is 0 Å². The highest BCUT2D eigenvalue weighted by Gasteiger charge is 2.20. The van der Waals surface area contributed by atoms with E-state index in [0.29, 0.717) is 5.02 Å². The minimum atomic E-state index is -3.89. The first-order valence-corrected chi connectivity index (χ1v) is 7.44. The molecule has 2 aromatic rings. The predicted molar refractivity (Wildman–Crippen MR) is 76.9 cm³/mol. The van der Waals surface area contributed by atoms with E-state index in [-0.39, 0.29) is 22.1 Å². The van der Waals surface area contributed by atoms with Crippen LogP contribution in [0.4, 0.5) is 5.69 Å². The Bertz CT molecular complexity index is 731. The molecule has 106 valence electrons. The van der Waals surface area contributed by atoms with E-state index in [1.54, 1.807) is 12.1 Å². The van der Waals surface area contributed by atoms with Crippen LogP contribution in [-0.4, -0.2) is 20.6 Å². The molecule has 0 radical (unpaired) electrons. The summed E-state index contributed by atoms with van der Waals surface area (Å²) < 4.78 is 31.9. The van der Waals surface area contributed by atoms with E-state index >= 15 is 0 Å². The molecule has 0 aliphatic carbocycles. The van der Waals surface area contributed by atoms with Crippen LogP contribution in [0, 0.1) is 0 Å². The number of hydrogen-bond donors (Lipinski definition) is 2. The van der Waals surface area contributed by atoms with Gasteiger partial charge in [-0.25, -0.2) is 8.42 Å². The molecule has 7 heteroatoms. The molecule has 0 bridgehead atoms. The molecule has 0 fully saturated rings. The molecule has 0 amide bonds. The van der Waals surface area contributed by atoms with Gasteiger partial charge in [-0.15, -0.1) is 0 Å². The SMILES string of the molecule is COc1ccccc1S(=O)(=O)Nc1cc(Cl)ccc1O. The van der Waals surface area contributed by atoms with Gasteiger partial charge in [-0.3, -0.25) is 4.72 Å². The summed E-state index contributed by atoms with van der Waals surface area (Å²) in [5.41, 5.74) is 0.00315. The van der Waals surface area contributed by atoms with Crippen molar-refractivity contribution < 1.29 is 18.3 Å². The zero-order valence-electron chi connectivity index (χ0n) is 10.5. The van der Waals surface area contributed by atoms with Gasteiger partial charge >= 0.3 is 0 Å². The van der Waals surface area contributed by atoms with E-state index in [4.69, 9.17) is 16.3 Å². The number of nitrogens with one attached hydrogen (secondary N) is 1. The van der Waals surface area contributed by atoms with Gasteiger partial charge in [0.25, 0.3) is 10.0 Å². The van der Waals surface area contributed by atoms with Crippen molar-refractivity contribution in [1.82, 2.24) is 0 Å². The van der Waals surface area contributed by atoms with Crippen LogP contribution in [0.3, 0.4) is 0 Å². The van der Waals surface area contributed by atoms with Crippen LogP contribution in [0.1, 0.15) is 0 Å². The lowest BCUT2D eigenvalue weighted by Gasteiger charge is -2.12. The quantitative estimate of drug-likeness (QED) is 0.851. The smallest absolute Gasteiger partial charge is 0.265 e. The van der Waals surface area contributed by atoms with Gasteiger partial charge in [0.2, 0.25) is 0 Å². The van der Waals surface area contributed by atoms with E-state index in [9.17, 15) is 13.5 Å². The molecule has 0 spiro atoms. The molecular formula is C13H12ClNO4S. The number of phenols is 1. The minimum absolute atomic E-state index is 0.00315. The number of hydrogen-bond acceptors (Lipinski definition) is 4. The number of methoxy groups -OCH3 is 1. The summed E-state index contributed by atoms with van der Waals surface area (Å²) in [6.45, 7) is 0. The van der Waals surface area contributed by atoms with Crippen LogP contribution in [0.5, 0.6) is 11.5 Å². The summed E-state index contributed by atoms with van der Waals surface area (Å²) in [4.78, 5) is -0.0260. The molecular weight excluding hydrogens is 302 g/mol. The number of sulfonamides is 1. The van der Waals surface area contributed by atoms with Crippen molar-refractivity contribution in [2.75, 3.05) is 11.8 Å². The molecule has 0 saturated carbocycles. The zero-order valence-corrected chi connectivity index (χ0v) is 12.1. The Kier molecular flexibility index (Phi) is 4.06. The minimum Gasteiger partial charge on any atom is -0.506 e. The Morgan fingerprint density at radius 3 is 2.60 bits per heavy atom. The maximum atomic E-state index is 12.3. The van der Waals surface area contributed by atoms with E-state index in [1.165, 1.54) is 37.4 Å². The number of anilines is 1. The third-order valence-electron chi connectivity index (χ3n) is 2.56. The normalized spacial score (nSPS) is 11.1. The van der Waals surface area contributed by atoms with Gasteiger partial charge in [0.1, 0.15) is 16.4 Å². The van der Waals surface area contributed by atoms with Crippen LogP contribution >= 0.6 is 11.6 Å². The van der Waals surface area contributed by atoms with Crippen LogP contribution in [0.15, 0.2) is 47.4 Å². The lowest BCUT2D eigenvalue weighted by molar-refractivity contribution is 0.403. The molecule has 2 rings (SSSR count). The van der Waals surface area contributed by atoms with Crippen LogP contribution in [-0.2, 0) is 10.0 Å². The molecule has 20 heavy (non-hydrogen) atoms. The third-order valence-corrected chi connectivity index (χ3v) is 4.20. The highest BCUT2D eigenvalue weighted by atomic mass is 35.5. The second-order valence-corrected chi connectivity index (χ2v) is 6.01. The average molecular weight is 314 g/mol. The molecule has 2 aromatic carbocycles. The molecule has 0 aliphatic heterocycles. The summed E-state index contributed by atoms with van der Waals surface area (Å²) >= 11 is 5.78. The molecule has 2 N–H and O–H groups in total. The second-order valence-electron chi connectivity index (χ2n) is 3.92. The first-order valence-electron chi connectivity index (χ1n) is 5.58. The fourth-order valence-corrected chi connectivity index (χ4v) is 3.04. The summed E-state index contributed by atoms with van der Waals surface area (Å²) in [5, 5.41) is 9.96. The Labute approximate surface area is 121 Å². The highest BCUT2D eigenvalue weighted by molar-refractivity contribution is 7.92. The Balaban J connectivity index is 2.43. The number of para-hydroxylation sites is 1. The van der Waals surface area contributed by atoms with Crippen molar-refractivity contribution in [2.45, 2.75) is 4.90 Å². The van der Waals surface area contributed by atoms with Crippen molar-refractivity contribution >= 4 is 27.3 Å². The van der Waals surface area contributed by atoms with Crippen LogP contribution in [0.25, 0.3) is 0 Å². The van der Waals surface area contributed by atoms with Gasteiger partial charge in [0, 0.05) is 5.02 Å². The summed E-state index contributed by atoms with van der Waals surface area (Å²) in [6, 6.07) is 10.3. The van der Waals surface area contributed by atoms with E-state index in [1.807, 2.05) is 0 Å².